The fraction of sp³-hybridized carbons (Fsp3) is 0.318. The molecular formula is C22H23N5O4S. The SMILES string of the molecule is Cc1cccc(NC(=O)CSc2nnc(-c3ccc([N+](=O)[O-])cc3)n2C[C@H]2CCCO2)c1. The maximum Gasteiger partial charge on any atom is 0.269 e. The zero-order chi connectivity index (χ0) is 22.5. The Morgan fingerprint density at radius 2 is 2.09 bits per heavy atom. The van der Waals surface area contributed by atoms with E-state index in [-0.39, 0.29) is 23.5 Å². The summed E-state index contributed by atoms with van der Waals surface area (Å²) >= 11 is 1.30. The Morgan fingerprint density at radius 3 is 2.78 bits per heavy atom. The minimum Gasteiger partial charge on any atom is -0.376 e. The number of ether oxygens (including phenoxy) is 1. The highest BCUT2D eigenvalue weighted by Crippen LogP contribution is 2.28. The molecule has 0 radical (unpaired) electrons. The average Bonchev–Trinajstić information content (AvgIpc) is 3.43. The maximum absolute atomic E-state index is 12.5. The summed E-state index contributed by atoms with van der Waals surface area (Å²) in [5, 5.41) is 23.1. The number of carbonyl (C=O) groups excluding carboxylic acids is 1. The van der Waals surface area contributed by atoms with Gasteiger partial charge in [-0.2, -0.15) is 0 Å². The summed E-state index contributed by atoms with van der Waals surface area (Å²) in [6, 6.07) is 13.8. The van der Waals surface area contributed by atoms with Crippen molar-refractivity contribution >= 4 is 29.0 Å². The van der Waals surface area contributed by atoms with Crippen LogP contribution in [0.5, 0.6) is 0 Å². The van der Waals surface area contributed by atoms with Crippen LogP contribution in [-0.4, -0.2) is 44.1 Å². The third kappa shape index (κ3) is 5.32. The number of rotatable bonds is 8. The smallest absolute Gasteiger partial charge is 0.269 e. The predicted octanol–water partition coefficient (Wildman–Crippen LogP) is 4.07. The van der Waals surface area contributed by atoms with Crippen molar-refractivity contribution in [3.63, 3.8) is 0 Å². The van der Waals surface area contributed by atoms with Crippen molar-refractivity contribution in [1.29, 1.82) is 0 Å². The molecular weight excluding hydrogens is 430 g/mol. The van der Waals surface area contributed by atoms with E-state index in [1.807, 2.05) is 35.8 Å². The van der Waals surface area contributed by atoms with Crippen LogP contribution in [0, 0.1) is 17.0 Å². The fourth-order valence-corrected chi connectivity index (χ4v) is 4.30. The van der Waals surface area contributed by atoms with E-state index in [4.69, 9.17) is 4.74 Å². The van der Waals surface area contributed by atoms with Crippen molar-refractivity contribution in [1.82, 2.24) is 14.8 Å². The zero-order valence-corrected chi connectivity index (χ0v) is 18.4. The van der Waals surface area contributed by atoms with Crippen LogP contribution in [0.25, 0.3) is 11.4 Å². The summed E-state index contributed by atoms with van der Waals surface area (Å²) in [4.78, 5) is 23.0. The van der Waals surface area contributed by atoms with Crippen LogP contribution in [-0.2, 0) is 16.1 Å². The van der Waals surface area contributed by atoms with Crippen LogP contribution in [0.15, 0.2) is 53.7 Å². The molecule has 1 aliphatic heterocycles. The first-order chi connectivity index (χ1) is 15.5. The van der Waals surface area contributed by atoms with Gasteiger partial charge in [-0.1, -0.05) is 23.9 Å². The van der Waals surface area contributed by atoms with Crippen LogP contribution < -0.4 is 5.32 Å². The van der Waals surface area contributed by atoms with Gasteiger partial charge in [-0.3, -0.25) is 19.5 Å². The number of aromatic nitrogens is 3. The second kappa shape index (κ2) is 9.92. The molecule has 1 N–H and O–H groups in total. The molecule has 1 atom stereocenters. The second-order valence-electron chi connectivity index (χ2n) is 7.56. The van der Waals surface area contributed by atoms with E-state index in [1.165, 1.54) is 23.9 Å². The van der Waals surface area contributed by atoms with Gasteiger partial charge in [-0.25, -0.2) is 0 Å². The van der Waals surface area contributed by atoms with Gasteiger partial charge in [0, 0.05) is 30.0 Å². The maximum atomic E-state index is 12.5. The van der Waals surface area contributed by atoms with Gasteiger partial charge in [0.15, 0.2) is 11.0 Å². The molecule has 1 fully saturated rings. The van der Waals surface area contributed by atoms with Crippen LogP contribution >= 0.6 is 11.8 Å². The van der Waals surface area contributed by atoms with Gasteiger partial charge in [0.05, 0.1) is 23.3 Å². The average molecular weight is 454 g/mol. The minimum atomic E-state index is -0.436. The Balaban J connectivity index is 1.51. The highest BCUT2D eigenvalue weighted by atomic mass is 32.2. The van der Waals surface area contributed by atoms with Crippen molar-refractivity contribution in [2.75, 3.05) is 17.7 Å². The molecule has 2 aromatic carbocycles. The molecule has 10 heteroatoms. The number of anilines is 1. The molecule has 4 rings (SSSR count). The van der Waals surface area contributed by atoms with E-state index < -0.39 is 4.92 Å². The Morgan fingerprint density at radius 1 is 1.28 bits per heavy atom. The molecule has 166 valence electrons. The first kappa shape index (κ1) is 22.0. The second-order valence-corrected chi connectivity index (χ2v) is 8.50. The van der Waals surface area contributed by atoms with Crippen molar-refractivity contribution in [3.8, 4) is 11.4 Å². The first-order valence-electron chi connectivity index (χ1n) is 10.3. The Bertz CT molecular complexity index is 1110. The normalized spacial score (nSPS) is 15.6. The molecule has 3 aromatic rings. The lowest BCUT2D eigenvalue weighted by Gasteiger charge is -2.14. The number of nitrogens with one attached hydrogen (secondary N) is 1. The van der Waals surface area contributed by atoms with Gasteiger partial charge >= 0.3 is 0 Å². The van der Waals surface area contributed by atoms with Crippen molar-refractivity contribution in [3.05, 3.63) is 64.2 Å². The Labute approximate surface area is 189 Å². The highest BCUT2D eigenvalue weighted by Gasteiger charge is 2.22. The third-order valence-electron chi connectivity index (χ3n) is 5.10. The number of benzene rings is 2. The number of hydrogen-bond donors (Lipinski definition) is 1. The largest absolute Gasteiger partial charge is 0.376 e. The van der Waals surface area contributed by atoms with E-state index in [0.717, 1.165) is 36.3 Å². The zero-order valence-electron chi connectivity index (χ0n) is 17.6. The number of non-ortho nitro benzene ring substituents is 1. The molecule has 1 saturated heterocycles. The molecule has 0 saturated carbocycles. The van der Waals surface area contributed by atoms with Gasteiger partial charge in [0.25, 0.3) is 5.69 Å². The van der Waals surface area contributed by atoms with Gasteiger partial charge in [0.1, 0.15) is 0 Å². The van der Waals surface area contributed by atoms with Gasteiger partial charge < -0.3 is 10.1 Å². The van der Waals surface area contributed by atoms with Crippen molar-refractivity contribution in [2.24, 2.45) is 0 Å². The van der Waals surface area contributed by atoms with Crippen LogP contribution in [0.1, 0.15) is 18.4 Å². The van der Waals surface area contributed by atoms with Gasteiger partial charge in [-0.15, -0.1) is 10.2 Å². The van der Waals surface area contributed by atoms with Gasteiger partial charge in [-0.05, 0) is 49.6 Å². The van der Waals surface area contributed by atoms with E-state index in [9.17, 15) is 14.9 Å². The van der Waals surface area contributed by atoms with Crippen LogP contribution in [0.3, 0.4) is 0 Å². The number of carbonyl (C=O) groups is 1. The number of aryl methyl sites for hydroxylation is 1. The van der Waals surface area contributed by atoms with Gasteiger partial charge in [0.2, 0.25) is 5.91 Å². The summed E-state index contributed by atoms with van der Waals surface area (Å²) < 4.78 is 7.72. The third-order valence-corrected chi connectivity index (χ3v) is 6.06. The molecule has 1 amide bonds. The van der Waals surface area contributed by atoms with Crippen LogP contribution in [0.2, 0.25) is 0 Å². The molecule has 2 heterocycles. The first-order valence-corrected chi connectivity index (χ1v) is 11.3. The molecule has 32 heavy (non-hydrogen) atoms. The summed E-state index contributed by atoms with van der Waals surface area (Å²) in [6.07, 6.45) is 1.99. The van der Waals surface area contributed by atoms with Crippen molar-refractivity contribution in [2.45, 2.75) is 37.6 Å². The molecule has 0 bridgehead atoms. The predicted molar refractivity (Wildman–Crippen MR) is 122 cm³/mol. The Kier molecular flexibility index (Phi) is 6.81. The minimum absolute atomic E-state index is 0.0151. The Hall–Kier alpha value is -3.24. The molecule has 1 aliphatic rings. The number of hydrogen-bond acceptors (Lipinski definition) is 7. The molecule has 9 nitrogen and oxygen atoms in total. The van der Waals surface area contributed by atoms with Crippen LogP contribution in [0.4, 0.5) is 11.4 Å². The quantitative estimate of drug-likeness (QED) is 0.311. The summed E-state index contributed by atoms with van der Waals surface area (Å²) in [7, 11) is 0. The summed E-state index contributed by atoms with van der Waals surface area (Å²) in [6.45, 7) is 3.25. The standard InChI is InChI=1S/C22H23N5O4S/c1-15-4-2-5-17(12-15)23-20(28)14-32-22-25-24-21(26(22)13-19-6-3-11-31-19)16-7-9-18(10-8-16)27(29)30/h2,4-5,7-10,12,19H,3,6,11,13-14H2,1H3,(H,23,28)/t19-/m1/s1. The number of thioether (sulfide) groups is 1. The lowest BCUT2D eigenvalue weighted by Crippen LogP contribution is -2.18. The molecule has 1 aromatic heterocycles. The summed E-state index contributed by atoms with van der Waals surface area (Å²) in [5.41, 5.74) is 2.56. The molecule has 0 aliphatic carbocycles. The van der Waals surface area contributed by atoms with E-state index in [2.05, 4.69) is 15.5 Å². The van der Waals surface area contributed by atoms with E-state index in [0.29, 0.717) is 17.5 Å². The van der Waals surface area contributed by atoms with E-state index >= 15 is 0 Å². The molecule has 0 spiro atoms. The van der Waals surface area contributed by atoms with E-state index in [1.54, 1.807) is 12.1 Å². The number of nitrogens with zero attached hydrogens (tertiary/aromatic N) is 4. The lowest BCUT2D eigenvalue weighted by molar-refractivity contribution is -0.384. The molecule has 0 unspecified atom stereocenters. The monoisotopic (exact) mass is 453 g/mol. The topological polar surface area (TPSA) is 112 Å². The highest BCUT2D eigenvalue weighted by molar-refractivity contribution is 7.99. The number of amides is 1. The number of nitro groups is 1. The lowest BCUT2D eigenvalue weighted by atomic mass is 10.2. The fourth-order valence-electron chi connectivity index (χ4n) is 3.55. The number of nitro benzene ring substituents is 1. The van der Waals surface area contributed by atoms with Crippen molar-refractivity contribution < 1.29 is 14.5 Å². The summed E-state index contributed by atoms with van der Waals surface area (Å²) in [5.74, 6) is 0.638.